The molecule has 4 N–H and O–H groups in total. The second kappa shape index (κ2) is 74.2. The maximum absolute atomic E-state index is 12.9. The number of hydrogen-bond donors (Lipinski definition) is 4. The maximum atomic E-state index is 12.9. The summed E-state index contributed by atoms with van der Waals surface area (Å²) < 4.78 is 61.1. The van der Waals surface area contributed by atoms with Crippen LogP contribution in [-0.2, 0) is 55.8 Å². The van der Waals surface area contributed by atoms with Gasteiger partial charge < -0.3 is 34.2 Å². The van der Waals surface area contributed by atoms with Crippen molar-refractivity contribution < 1.29 is 75.8 Å². The van der Waals surface area contributed by atoms with Gasteiger partial charge in [0, 0.05) is 19.3 Å². The Hall–Kier alpha value is -3.53. The number of aliphatic hydroxyl groups excluding tert-OH is 2. The Morgan fingerprint density at radius 1 is 0.283 bits per heavy atom. The molecule has 0 amide bonds. The van der Waals surface area contributed by atoms with E-state index in [-0.39, 0.29) is 19.3 Å². The lowest BCUT2D eigenvalue weighted by Crippen LogP contribution is -2.30. The quantitative estimate of drug-likeness (QED) is 0.0146. The molecule has 0 aromatic carbocycles. The summed E-state index contributed by atoms with van der Waals surface area (Å²) in [4.78, 5) is 58.6. The highest BCUT2D eigenvalue weighted by molar-refractivity contribution is 7.47. The van der Waals surface area contributed by atoms with Gasteiger partial charge in [0.25, 0.3) is 0 Å². The van der Waals surface area contributed by atoms with Gasteiger partial charge in [-0.2, -0.15) is 0 Å². The van der Waals surface area contributed by atoms with E-state index in [1.54, 1.807) is 0 Å². The van der Waals surface area contributed by atoms with Crippen LogP contribution in [-0.4, -0.2) is 95.9 Å². The fourth-order valence-corrected chi connectivity index (χ4v) is 12.3. The molecule has 0 saturated carbocycles. The number of phosphoric ester groups is 2. The third-order valence-electron chi connectivity index (χ3n) is 16.8. The zero-order valence-corrected chi connectivity index (χ0v) is 64.4. The van der Waals surface area contributed by atoms with Crippen LogP contribution in [0.1, 0.15) is 342 Å². The number of ether oxygens (including phenoxy) is 3. The van der Waals surface area contributed by atoms with Gasteiger partial charge in [0.2, 0.25) is 0 Å². The minimum atomic E-state index is -4.93. The normalized spacial score (nSPS) is 14.5. The molecule has 99 heavy (non-hydrogen) atoms. The monoisotopic (exact) mass is 1430 g/mol. The number of hydrogen-bond acceptors (Lipinski definition) is 14. The van der Waals surface area contributed by atoms with Crippen LogP contribution in [0.4, 0.5) is 0 Å². The molecule has 5 atom stereocenters. The number of allylic oxidation sites excluding steroid dienone is 16. The van der Waals surface area contributed by atoms with Crippen molar-refractivity contribution in [1.82, 2.24) is 0 Å². The van der Waals surface area contributed by atoms with Gasteiger partial charge >= 0.3 is 33.6 Å². The second-order valence-electron chi connectivity index (χ2n) is 26.5. The summed E-state index contributed by atoms with van der Waals surface area (Å²) in [5.74, 6) is -1.58. The molecule has 0 rings (SSSR count). The predicted octanol–water partition coefficient (Wildman–Crippen LogP) is 23.0. The van der Waals surface area contributed by atoms with Crippen LogP contribution >= 0.6 is 15.6 Å². The Morgan fingerprint density at radius 2 is 0.505 bits per heavy atom. The first-order valence-corrected chi connectivity index (χ1v) is 42.5. The first-order chi connectivity index (χ1) is 48.2. The van der Waals surface area contributed by atoms with Crippen LogP contribution in [0.5, 0.6) is 0 Å². The van der Waals surface area contributed by atoms with Crippen molar-refractivity contribution in [3.63, 3.8) is 0 Å². The van der Waals surface area contributed by atoms with E-state index in [4.69, 9.17) is 32.3 Å². The van der Waals surface area contributed by atoms with Crippen molar-refractivity contribution in [2.45, 2.75) is 360 Å². The number of aliphatic hydroxyl groups is 2. The van der Waals surface area contributed by atoms with Crippen molar-refractivity contribution in [1.29, 1.82) is 0 Å². The highest BCUT2D eigenvalue weighted by atomic mass is 31.2. The molecule has 0 saturated heterocycles. The van der Waals surface area contributed by atoms with Crippen molar-refractivity contribution in [2.75, 3.05) is 39.6 Å². The third-order valence-corrected chi connectivity index (χ3v) is 18.7. The molecule has 18 heteroatoms. The lowest BCUT2D eigenvalue weighted by Gasteiger charge is -2.21. The zero-order chi connectivity index (χ0) is 72.3. The Bertz CT molecular complexity index is 2190. The smallest absolute Gasteiger partial charge is 0.463 e. The Morgan fingerprint density at radius 3 is 0.818 bits per heavy atom. The molecule has 0 radical (unpaired) electrons. The molecule has 0 spiro atoms. The average molecular weight is 1440 g/mol. The summed E-state index contributed by atoms with van der Waals surface area (Å²) in [5.41, 5.74) is 0. The molecule has 0 aromatic rings. The van der Waals surface area contributed by atoms with Crippen molar-refractivity contribution in [3.8, 4) is 0 Å². The van der Waals surface area contributed by atoms with E-state index in [2.05, 4.69) is 118 Å². The number of unbranched alkanes of at least 4 members (excludes halogenated alkanes) is 36. The third kappa shape index (κ3) is 75.5. The van der Waals surface area contributed by atoms with Crippen molar-refractivity contribution in [3.05, 3.63) is 97.2 Å². The Kier molecular flexibility index (Phi) is 71.6. The highest BCUT2D eigenvalue weighted by Crippen LogP contribution is 2.45. The molecule has 0 aliphatic carbocycles. The predicted molar refractivity (Wildman–Crippen MR) is 408 cm³/mol. The average Bonchev–Trinajstić information content (AvgIpc) is 1.04. The lowest BCUT2D eigenvalue weighted by molar-refractivity contribution is -0.161. The summed E-state index contributed by atoms with van der Waals surface area (Å²) in [7, 11) is -9.78. The Balaban J connectivity index is 4.52. The minimum absolute atomic E-state index is 0.105. The first-order valence-electron chi connectivity index (χ1n) is 39.5. The molecular formula is C81H144O16P2. The van der Waals surface area contributed by atoms with E-state index in [9.17, 15) is 43.5 Å². The molecule has 0 aliphatic rings. The molecular weight excluding hydrogens is 1290 g/mol. The molecule has 0 fully saturated rings. The van der Waals surface area contributed by atoms with Crippen LogP contribution in [0.2, 0.25) is 0 Å². The van der Waals surface area contributed by atoms with Crippen LogP contribution < -0.4 is 0 Å². The second-order valence-corrected chi connectivity index (χ2v) is 29.4. The van der Waals surface area contributed by atoms with Crippen LogP contribution in [0.3, 0.4) is 0 Å². The standard InChI is InChI=1S/C81H144O16P2/c1-4-7-10-13-16-19-22-25-27-29-31-33-35-36-37-38-40-42-43-45-47-50-52-55-58-61-64-67-79(84)91-70-76(82)71-93-98(87,88)94-72-77(83)73-95-99(89,90)96-75-78(97-81(86)69-66-63-60-57-54-49-24-21-18-15-12-9-6-3)74-92-80(85)68-65-62-59-56-53-51-48-46-44-41-39-34-32-30-28-26-23-20-17-14-11-8-5-2/h16-17,19-20,25-28,31-34,36-37,41,44,76-78,82-83H,4-15,18,21-24,29-30,35,38-40,42-43,45-75H2,1-3H3,(H,87,88)(H,89,90)/b19-16-,20-17-,27-25-,28-26-,33-31-,34-32-,37-36-,44-41-. The van der Waals surface area contributed by atoms with E-state index in [0.717, 1.165) is 135 Å². The first kappa shape index (κ1) is 95.5. The molecule has 574 valence electrons. The molecule has 5 unspecified atom stereocenters. The number of carbonyl (C=O) groups is 3. The van der Waals surface area contributed by atoms with Crippen molar-refractivity contribution in [2.24, 2.45) is 0 Å². The number of rotatable bonds is 75. The molecule has 0 aromatic heterocycles. The SMILES string of the molecule is CCCCC/C=C\C/C=C\C/C=C\C/C=C\CCCCCCCCCCCCCC(=O)OCC(O)COP(=O)(O)OCC(O)COP(=O)(O)OCC(COC(=O)CCCCCCCCC/C=C\C/C=C\C/C=C\C/C=C\CCCCC)OC(=O)CCCCCCCCCCCCCCC. The number of phosphoric acid groups is 2. The van der Waals surface area contributed by atoms with Crippen LogP contribution in [0, 0.1) is 0 Å². The fourth-order valence-electron chi connectivity index (χ4n) is 10.7. The summed E-state index contributed by atoms with van der Waals surface area (Å²) >= 11 is 0. The summed E-state index contributed by atoms with van der Waals surface area (Å²) in [6.07, 6.45) is 84.5. The molecule has 16 nitrogen and oxygen atoms in total. The van der Waals surface area contributed by atoms with Gasteiger partial charge in [-0.05, 0) is 109 Å². The van der Waals surface area contributed by atoms with E-state index < -0.39 is 91.5 Å². The Labute approximate surface area is 603 Å². The van der Waals surface area contributed by atoms with Gasteiger partial charge in [-0.3, -0.25) is 32.5 Å². The molecule has 0 heterocycles. The van der Waals surface area contributed by atoms with Crippen LogP contribution in [0.25, 0.3) is 0 Å². The van der Waals surface area contributed by atoms with Gasteiger partial charge in [-0.15, -0.1) is 0 Å². The summed E-state index contributed by atoms with van der Waals surface area (Å²) in [6, 6.07) is 0. The van der Waals surface area contributed by atoms with Crippen LogP contribution in [0.15, 0.2) is 97.2 Å². The van der Waals surface area contributed by atoms with Gasteiger partial charge in [-0.25, -0.2) is 9.13 Å². The van der Waals surface area contributed by atoms with Gasteiger partial charge in [-0.1, -0.05) is 311 Å². The van der Waals surface area contributed by atoms with E-state index in [1.165, 1.54) is 148 Å². The molecule has 0 bridgehead atoms. The molecule has 0 aliphatic heterocycles. The number of esters is 3. The number of carbonyl (C=O) groups excluding carboxylic acids is 3. The highest BCUT2D eigenvalue weighted by Gasteiger charge is 2.29. The van der Waals surface area contributed by atoms with E-state index in [1.807, 2.05) is 0 Å². The lowest BCUT2D eigenvalue weighted by atomic mass is 10.0. The van der Waals surface area contributed by atoms with E-state index >= 15 is 0 Å². The maximum Gasteiger partial charge on any atom is 0.472 e. The summed E-state index contributed by atoms with van der Waals surface area (Å²) in [5, 5.41) is 20.6. The minimum Gasteiger partial charge on any atom is -0.463 e. The van der Waals surface area contributed by atoms with Gasteiger partial charge in [0.05, 0.1) is 26.4 Å². The summed E-state index contributed by atoms with van der Waals surface area (Å²) in [6.45, 7) is 2.64. The van der Waals surface area contributed by atoms with Gasteiger partial charge in [0.1, 0.15) is 25.4 Å². The topological polar surface area (TPSA) is 231 Å². The largest absolute Gasteiger partial charge is 0.472 e. The van der Waals surface area contributed by atoms with Gasteiger partial charge in [0.15, 0.2) is 6.10 Å². The van der Waals surface area contributed by atoms with E-state index in [0.29, 0.717) is 19.3 Å². The zero-order valence-electron chi connectivity index (χ0n) is 62.6. The van der Waals surface area contributed by atoms with Crippen molar-refractivity contribution >= 4 is 33.6 Å². The fraction of sp³-hybridized carbons (Fsp3) is 0.765.